The van der Waals surface area contributed by atoms with Gasteiger partial charge in [0.1, 0.15) is 0 Å². The molecule has 0 heterocycles. The van der Waals surface area contributed by atoms with E-state index in [1.807, 2.05) is 17.8 Å². The number of hydrogen-bond donors (Lipinski definition) is 0. The van der Waals surface area contributed by atoms with E-state index in [1.165, 1.54) is 135 Å². The molecule has 3 saturated carbocycles. The molecule has 3 aliphatic rings. The van der Waals surface area contributed by atoms with E-state index >= 15 is 0 Å². The predicted octanol–water partition coefficient (Wildman–Crippen LogP) is 13.1. The standard InChI is InChI=1S/3C12H23.Cr/c3*1-4-12(5-2,6-3)11-9-7-8-10-11;/h3*4-10H2,1-3H3;/q3*-1;+3. The fourth-order valence-corrected chi connectivity index (χ4v) is 8.50. The molecule has 0 aromatic rings. The molecule has 0 aromatic heterocycles. The Morgan fingerprint density at radius 2 is 0.459 bits per heavy atom. The molecule has 1 heteroatoms. The summed E-state index contributed by atoms with van der Waals surface area (Å²) < 4.78 is 0. The Hall–Kier alpha value is 0.532. The van der Waals surface area contributed by atoms with E-state index in [1.54, 1.807) is 0 Å². The van der Waals surface area contributed by atoms with Crippen LogP contribution in [-0.2, 0) is 17.4 Å². The Morgan fingerprint density at radius 1 is 0.324 bits per heavy atom. The number of rotatable bonds is 12. The third-order valence-electron chi connectivity index (χ3n) is 12.0. The van der Waals surface area contributed by atoms with Gasteiger partial charge in [0, 0.05) is 0 Å². The molecule has 0 bridgehead atoms. The maximum atomic E-state index is 2.36. The van der Waals surface area contributed by atoms with Crippen molar-refractivity contribution in [2.75, 3.05) is 0 Å². The summed E-state index contributed by atoms with van der Waals surface area (Å²) in [6.07, 6.45) is 29.5. The zero-order valence-corrected chi connectivity index (χ0v) is 28.5. The van der Waals surface area contributed by atoms with Gasteiger partial charge in [-0.2, -0.15) is 54.8 Å². The summed E-state index contributed by atoms with van der Waals surface area (Å²) in [5.41, 5.74) is 1.86. The minimum Gasteiger partial charge on any atom is -0.308 e. The van der Waals surface area contributed by atoms with Gasteiger partial charge < -0.3 is 17.8 Å². The van der Waals surface area contributed by atoms with Crippen LogP contribution in [0.15, 0.2) is 0 Å². The third-order valence-corrected chi connectivity index (χ3v) is 12.0. The van der Waals surface area contributed by atoms with Crippen LogP contribution < -0.4 is 0 Å². The van der Waals surface area contributed by atoms with Crippen molar-refractivity contribution in [3.63, 3.8) is 0 Å². The molecule has 3 rings (SSSR count). The Kier molecular flexibility index (Phi) is 19.9. The van der Waals surface area contributed by atoms with Gasteiger partial charge in [0.15, 0.2) is 0 Å². The summed E-state index contributed by atoms with van der Waals surface area (Å²) in [6.45, 7) is 21.2. The molecule has 1 radical (unpaired) electrons. The molecule has 3 fully saturated rings. The molecular formula is C36H69Cr. The molecule has 0 aromatic carbocycles. The zero-order chi connectivity index (χ0) is 27.1. The third kappa shape index (κ3) is 9.84. The average Bonchev–Trinajstić information content (AvgIpc) is 3.74. The first-order valence-electron chi connectivity index (χ1n) is 16.9. The van der Waals surface area contributed by atoms with Gasteiger partial charge in [-0.3, -0.25) is 0 Å². The van der Waals surface area contributed by atoms with E-state index in [0.717, 1.165) is 0 Å². The minimum absolute atomic E-state index is 0. The second kappa shape index (κ2) is 19.6. The Bertz CT molecular complexity index is 406. The Balaban J connectivity index is 0.000000518. The predicted molar refractivity (Wildman–Crippen MR) is 165 cm³/mol. The fourth-order valence-electron chi connectivity index (χ4n) is 8.50. The molecule has 0 aliphatic heterocycles. The van der Waals surface area contributed by atoms with Gasteiger partial charge in [0.05, 0.1) is 0 Å². The average molecular weight is 554 g/mol. The minimum atomic E-state index is 0. The van der Waals surface area contributed by atoms with Crippen molar-refractivity contribution in [1.29, 1.82) is 0 Å². The monoisotopic (exact) mass is 553 g/mol. The zero-order valence-electron chi connectivity index (χ0n) is 27.3. The smallest absolute Gasteiger partial charge is 0.308 e. The van der Waals surface area contributed by atoms with E-state index in [9.17, 15) is 0 Å². The second-order valence-corrected chi connectivity index (χ2v) is 12.5. The molecule has 0 nitrogen and oxygen atoms in total. The molecule has 219 valence electrons. The summed E-state index contributed by atoms with van der Waals surface area (Å²) in [5, 5.41) is 0. The Labute approximate surface area is 247 Å². The molecule has 0 saturated heterocycles. The first-order valence-corrected chi connectivity index (χ1v) is 16.9. The number of hydrogen-bond acceptors (Lipinski definition) is 0. The van der Waals surface area contributed by atoms with Crippen LogP contribution in [0.4, 0.5) is 0 Å². The molecular weight excluding hydrogens is 484 g/mol. The van der Waals surface area contributed by atoms with Gasteiger partial charge in [0.2, 0.25) is 0 Å². The summed E-state index contributed by atoms with van der Waals surface area (Å²) in [5.74, 6) is 5.65. The van der Waals surface area contributed by atoms with Gasteiger partial charge in [-0.1, -0.05) is 159 Å². The molecule has 0 N–H and O–H groups in total. The summed E-state index contributed by atoms with van der Waals surface area (Å²) in [7, 11) is 0. The maximum absolute atomic E-state index is 2.36. The van der Waals surface area contributed by atoms with Crippen molar-refractivity contribution in [2.45, 2.75) is 197 Å². The molecule has 0 atom stereocenters. The quantitative estimate of drug-likeness (QED) is 0.211. The molecule has 0 amide bonds. The van der Waals surface area contributed by atoms with E-state index < -0.39 is 0 Å². The van der Waals surface area contributed by atoms with E-state index in [2.05, 4.69) is 62.3 Å². The normalized spacial score (nSPS) is 19.7. The van der Waals surface area contributed by atoms with Crippen molar-refractivity contribution in [1.82, 2.24) is 0 Å². The van der Waals surface area contributed by atoms with Crippen LogP contribution in [0.3, 0.4) is 0 Å². The van der Waals surface area contributed by atoms with Gasteiger partial charge in [-0.25, -0.2) is 0 Å². The molecule has 37 heavy (non-hydrogen) atoms. The molecule has 3 aliphatic carbocycles. The van der Waals surface area contributed by atoms with Gasteiger partial charge in [-0.15, -0.1) is 0 Å². The van der Waals surface area contributed by atoms with Crippen LogP contribution in [0.5, 0.6) is 0 Å². The van der Waals surface area contributed by atoms with Gasteiger partial charge >= 0.3 is 17.4 Å². The van der Waals surface area contributed by atoms with Gasteiger partial charge in [-0.05, 0) is 0 Å². The van der Waals surface area contributed by atoms with E-state index in [0.29, 0.717) is 16.2 Å². The van der Waals surface area contributed by atoms with Crippen molar-refractivity contribution in [2.24, 2.45) is 16.2 Å². The van der Waals surface area contributed by atoms with Crippen LogP contribution in [0.1, 0.15) is 197 Å². The van der Waals surface area contributed by atoms with E-state index in [4.69, 9.17) is 0 Å². The fraction of sp³-hybridized carbons (Fsp3) is 0.917. The molecule has 0 spiro atoms. The first kappa shape index (κ1) is 37.5. The summed E-state index contributed by atoms with van der Waals surface area (Å²) in [6, 6.07) is 0. The van der Waals surface area contributed by atoms with Crippen LogP contribution in [0.2, 0.25) is 0 Å². The van der Waals surface area contributed by atoms with Crippen LogP contribution in [0, 0.1) is 34.0 Å². The maximum Gasteiger partial charge on any atom is 3.00 e. The van der Waals surface area contributed by atoms with Crippen LogP contribution >= 0.6 is 0 Å². The second-order valence-electron chi connectivity index (χ2n) is 12.5. The SMILES string of the molecule is CCC(CC)(CC)[C-]1CCCC1.CCC(CC)(CC)[C-]1CCCC1.CCC(CC)(CC)[C-]1CCCC1.[Cr+3]. The largest absolute Gasteiger partial charge is 3.00 e. The van der Waals surface area contributed by atoms with Crippen molar-refractivity contribution < 1.29 is 17.4 Å². The van der Waals surface area contributed by atoms with Gasteiger partial charge in [0.25, 0.3) is 0 Å². The summed E-state index contributed by atoms with van der Waals surface area (Å²) in [4.78, 5) is 0. The van der Waals surface area contributed by atoms with Crippen molar-refractivity contribution >= 4 is 0 Å². The first-order chi connectivity index (χ1) is 17.4. The van der Waals surface area contributed by atoms with Crippen LogP contribution in [-0.4, -0.2) is 0 Å². The summed E-state index contributed by atoms with van der Waals surface area (Å²) >= 11 is 0. The van der Waals surface area contributed by atoms with Crippen LogP contribution in [0.25, 0.3) is 0 Å². The topological polar surface area (TPSA) is 0 Å². The molecule has 0 unspecified atom stereocenters. The van der Waals surface area contributed by atoms with Crippen molar-refractivity contribution in [3.05, 3.63) is 17.8 Å². The van der Waals surface area contributed by atoms with Crippen molar-refractivity contribution in [3.8, 4) is 0 Å². The Morgan fingerprint density at radius 3 is 0.568 bits per heavy atom. The van der Waals surface area contributed by atoms with E-state index in [-0.39, 0.29) is 17.4 Å².